The lowest BCUT2D eigenvalue weighted by Gasteiger charge is -2.20. The van der Waals surface area contributed by atoms with E-state index < -0.39 is 0 Å². The molecule has 35 heavy (non-hydrogen) atoms. The van der Waals surface area contributed by atoms with Crippen LogP contribution in [0, 0.1) is 3.57 Å². The third-order valence-corrected chi connectivity index (χ3v) is 6.81. The van der Waals surface area contributed by atoms with Crippen LogP contribution in [-0.4, -0.2) is 0 Å². The quantitative estimate of drug-likeness (QED) is 0.154. The lowest BCUT2D eigenvalue weighted by Crippen LogP contribution is -2.12. The molecule has 0 aliphatic rings. The topological polar surface area (TPSA) is 12.0 Å². The van der Waals surface area contributed by atoms with Gasteiger partial charge >= 0.3 is 0 Å². The third kappa shape index (κ3) is 7.64. The maximum absolute atomic E-state index is 3.42. The largest absolute Gasteiger partial charge is 0.309 e. The highest BCUT2D eigenvalue weighted by Crippen LogP contribution is 2.34. The Balaban J connectivity index is 0.000000172. The summed E-state index contributed by atoms with van der Waals surface area (Å²) in [5.74, 6) is 0.297. The van der Waals surface area contributed by atoms with Gasteiger partial charge in [0.15, 0.2) is 0 Å². The van der Waals surface area contributed by atoms with Gasteiger partial charge in [0.2, 0.25) is 0 Å². The summed E-state index contributed by atoms with van der Waals surface area (Å²) in [6.07, 6.45) is 0. The number of hydrogen-bond donors (Lipinski definition) is 1. The summed E-state index contributed by atoms with van der Waals surface area (Å²) in [6, 6.07) is 51.0. The first-order chi connectivity index (χ1) is 17.3. The molecule has 0 heterocycles. The van der Waals surface area contributed by atoms with Gasteiger partial charge in [0.05, 0.1) is 0 Å². The second-order valence-electron chi connectivity index (χ2n) is 8.35. The normalized spacial score (nSPS) is 10.5. The van der Waals surface area contributed by atoms with E-state index in [1.165, 1.54) is 31.4 Å². The van der Waals surface area contributed by atoms with Crippen LogP contribution in [0.4, 0.5) is 0 Å². The summed E-state index contributed by atoms with van der Waals surface area (Å²) in [7, 11) is 0. The van der Waals surface area contributed by atoms with Crippen molar-refractivity contribution >= 4 is 22.6 Å². The summed E-state index contributed by atoms with van der Waals surface area (Å²) >= 11 is 2.43. The molecule has 0 unspecified atom stereocenters. The average molecular weight is 568 g/mol. The van der Waals surface area contributed by atoms with Crippen molar-refractivity contribution < 1.29 is 0 Å². The molecule has 0 amide bonds. The highest BCUT2D eigenvalue weighted by molar-refractivity contribution is 14.1. The van der Waals surface area contributed by atoms with Gasteiger partial charge in [-0.25, -0.2) is 0 Å². The van der Waals surface area contributed by atoms with Gasteiger partial charge in [-0.05, 0) is 56.5 Å². The molecule has 2 heteroatoms. The Kier molecular flexibility index (Phi) is 9.69. The molecule has 0 atom stereocenters. The molecule has 0 saturated carbocycles. The van der Waals surface area contributed by atoms with Gasteiger partial charge in [-0.1, -0.05) is 140 Å². The minimum absolute atomic E-state index is 0.297. The monoisotopic (exact) mass is 567 g/mol. The highest BCUT2D eigenvalue weighted by atomic mass is 127. The molecule has 0 saturated heterocycles. The van der Waals surface area contributed by atoms with Crippen LogP contribution in [0.5, 0.6) is 0 Å². The minimum atomic E-state index is 0.297. The predicted molar refractivity (Wildman–Crippen MR) is 156 cm³/mol. The Morgan fingerprint density at radius 2 is 0.829 bits per heavy atom. The fraction of sp³-hybridized carbons (Fsp3) is 0.0909. The minimum Gasteiger partial charge on any atom is -0.309 e. The average Bonchev–Trinajstić information content (AvgIpc) is 2.93. The van der Waals surface area contributed by atoms with Crippen LogP contribution in [0.3, 0.4) is 0 Å². The van der Waals surface area contributed by atoms with Gasteiger partial charge in [0.1, 0.15) is 0 Å². The Labute approximate surface area is 223 Å². The first-order valence-electron chi connectivity index (χ1n) is 11.9. The second-order valence-corrected chi connectivity index (χ2v) is 9.51. The van der Waals surface area contributed by atoms with Crippen molar-refractivity contribution in [1.29, 1.82) is 0 Å². The van der Waals surface area contributed by atoms with E-state index in [0.717, 1.165) is 13.1 Å². The van der Waals surface area contributed by atoms with Crippen LogP contribution in [0.25, 0.3) is 0 Å². The molecule has 0 aromatic heterocycles. The van der Waals surface area contributed by atoms with E-state index in [2.05, 4.69) is 161 Å². The van der Waals surface area contributed by atoms with E-state index in [1.54, 1.807) is 0 Å². The summed E-state index contributed by atoms with van der Waals surface area (Å²) < 4.78 is 1.31. The first-order valence-corrected chi connectivity index (χ1v) is 13.0. The van der Waals surface area contributed by atoms with Crippen LogP contribution in [0.15, 0.2) is 146 Å². The summed E-state index contributed by atoms with van der Waals surface area (Å²) in [4.78, 5) is 0. The predicted octanol–water partition coefficient (Wildman–Crippen LogP) is 8.45. The van der Waals surface area contributed by atoms with Gasteiger partial charge in [0.25, 0.3) is 0 Å². The van der Waals surface area contributed by atoms with Crippen LogP contribution in [-0.2, 0) is 13.1 Å². The zero-order valence-electron chi connectivity index (χ0n) is 19.7. The number of halogens is 1. The van der Waals surface area contributed by atoms with Crippen molar-refractivity contribution in [2.45, 2.75) is 19.0 Å². The molecule has 5 rings (SSSR count). The molecule has 0 bridgehead atoms. The molecule has 0 radical (unpaired) electrons. The first kappa shape index (κ1) is 24.9. The molecular formula is C33H30IN. The molecule has 5 aromatic carbocycles. The fourth-order valence-corrected chi connectivity index (χ4v) is 4.79. The van der Waals surface area contributed by atoms with Gasteiger partial charge in [-0.2, -0.15) is 0 Å². The zero-order valence-corrected chi connectivity index (χ0v) is 21.9. The van der Waals surface area contributed by atoms with Gasteiger partial charge in [-0.3, -0.25) is 0 Å². The van der Waals surface area contributed by atoms with E-state index in [1.807, 2.05) is 12.1 Å². The van der Waals surface area contributed by atoms with E-state index in [4.69, 9.17) is 0 Å². The Bertz CT molecular complexity index is 1180. The number of rotatable bonds is 7. The van der Waals surface area contributed by atoms with Crippen molar-refractivity contribution in [1.82, 2.24) is 5.32 Å². The van der Waals surface area contributed by atoms with Crippen LogP contribution in [0.1, 0.15) is 33.7 Å². The molecule has 0 fully saturated rings. The lowest BCUT2D eigenvalue weighted by atomic mass is 9.85. The van der Waals surface area contributed by atoms with Crippen molar-refractivity contribution in [2.24, 2.45) is 0 Å². The summed E-state index contributed by atoms with van der Waals surface area (Å²) in [5, 5.41) is 3.42. The van der Waals surface area contributed by atoms with Crippen LogP contribution < -0.4 is 5.32 Å². The molecule has 0 spiro atoms. The molecule has 174 valence electrons. The summed E-state index contributed by atoms with van der Waals surface area (Å²) in [5.41, 5.74) is 6.69. The highest BCUT2D eigenvalue weighted by Gasteiger charge is 2.18. The van der Waals surface area contributed by atoms with E-state index in [-0.39, 0.29) is 0 Å². The van der Waals surface area contributed by atoms with Gasteiger partial charge in [-0.15, -0.1) is 0 Å². The van der Waals surface area contributed by atoms with Crippen molar-refractivity contribution in [3.8, 4) is 0 Å². The Hall–Kier alpha value is -3.21. The SMILES string of the molecule is Ic1ccccc1C(c1ccccc1)c1ccccc1.c1ccc(CNCc2ccccc2)cc1. The number of nitrogens with one attached hydrogen (secondary N) is 1. The fourth-order valence-electron chi connectivity index (χ4n) is 4.09. The van der Waals surface area contributed by atoms with Crippen LogP contribution >= 0.6 is 22.6 Å². The van der Waals surface area contributed by atoms with Gasteiger partial charge in [0, 0.05) is 22.6 Å². The van der Waals surface area contributed by atoms with E-state index in [9.17, 15) is 0 Å². The Morgan fingerprint density at radius 3 is 1.26 bits per heavy atom. The molecule has 1 N–H and O–H groups in total. The third-order valence-electron chi connectivity index (χ3n) is 5.83. The number of hydrogen-bond acceptors (Lipinski definition) is 1. The van der Waals surface area contributed by atoms with Crippen molar-refractivity contribution in [3.63, 3.8) is 0 Å². The molecule has 5 aromatic rings. The lowest BCUT2D eigenvalue weighted by molar-refractivity contribution is 0.693. The molecule has 0 aliphatic heterocycles. The molecule has 0 aliphatic carbocycles. The smallest absolute Gasteiger partial charge is 0.0350 e. The standard InChI is InChI=1S/C19H15I.C14H15N/c20-18-14-8-7-13-17(18)19(15-9-3-1-4-10-15)16-11-5-2-6-12-16;1-3-7-13(8-4-1)11-15-12-14-9-5-2-6-10-14/h1-14,19H;1-10,15H,11-12H2. The van der Waals surface area contributed by atoms with E-state index >= 15 is 0 Å². The Morgan fingerprint density at radius 1 is 0.457 bits per heavy atom. The van der Waals surface area contributed by atoms with Crippen LogP contribution in [0.2, 0.25) is 0 Å². The van der Waals surface area contributed by atoms with Gasteiger partial charge < -0.3 is 5.32 Å². The maximum Gasteiger partial charge on any atom is 0.0350 e. The molecule has 1 nitrogen and oxygen atoms in total. The van der Waals surface area contributed by atoms with E-state index in [0.29, 0.717) is 5.92 Å². The second kappa shape index (κ2) is 13.6. The zero-order chi connectivity index (χ0) is 24.1. The van der Waals surface area contributed by atoms with Crippen molar-refractivity contribution in [2.75, 3.05) is 0 Å². The summed E-state index contributed by atoms with van der Waals surface area (Å²) in [6.45, 7) is 1.85. The number of benzene rings is 5. The molecular weight excluding hydrogens is 537 g/mol. The maximum atomic E-state index is 3.42. The van der Waals surface area contributed by atoms with Crippen molar-refractivity contribution in [3.05, 3.63) is 177 Å².